The fraction of sp³-hybridized carbons (Fsp3) is 0.0417. The minimum absolute atomic E-state index is 0.214. The van der Waals surface area contributed by atoms with Gasteiger partial charge in [0.25, 0.3) is 5.91 Å². The number of rotatable bonds is 7. The summed E-state index contributed by atoms with van der Waals surface area (Å²) in [4.78, 5) is 23.7. The highest BCUT2D eigenvalue weighted by atomic mass is 16.5. The molecule has 4 rings (SSSR count). The molecule has 3 N–H and O–H groups in total. The SMILES string of the molecule is NC(=O)c1ccc(Oc2ccc(C(=O)Nc3cccc(Cn4cccn4)c3)cc2)cc1. The third-order valence-electron chi connectivity index (χ3n) is 4.58. The molecule has 0 spiro atoms. The van der Waals surface area contributed by atoms with Gasteiger partial charge in [0.15, 0.2) is 0 Å². The van der Waals surface area contributed by atoms with Gasteiger partial charge < -0.3 is 15.8 Å². The Morgan fingerprint density at radius 3 is 2.19 bits per heavy atom. The van der Waals surface area contributed by atoms with E-state index in [0.717, 1.165) is 5.56 Å². The van der Waals surface area contributed by atoms with Crippen LogP contribution in [0.3, 0.4) is 0 Å². The van der Waals surface area contributed by atoms with Gasteiger partial charge in [-0.05, 0) is 72.3 Å². The number of hydrogen-bond donors (Lipinski definition) is 2. The first-order chi connectivity index (χ1) is 15.1. The Hall–Kier alpha value is -4.39. The number of aromatic nitrogens is 2. The summed E-state index contributed by atoms with van der Waals surface area (Å²) in [6.45, 7) is 0.628. The molecule has 31 heavy (non-hydrogen) atoms. The van der Waals surface area contributed by atoms with Crippen LogP contribution in [0, 0.1) is 0 Å². The first kappa shape index (κ1) is 19.9. The van der Waals surface area contributed by atoms with Crippen LogP contribution < -0.4 is 15.8 Å². The summed E-state index contributed by atoms with van der Waals surface area (Å²) < 4.78 is 7.56. The molecular formula is C24H20N4O3. The van der Waals surface area contributed by atoms with E-state index in [0.29, 0.717) is 34.9 Å². The molecule has 0 unspecified atom stereocenters. The fourth-order valence-electron chi connectivity index (χ4n) is 3.03. The first-order valence-electron chi connectivity index (χ1n) is 9.62. The maximum absolute atomic E-state index is 12.6. The van der Waals surface area contributed by atoms with Crippen LogP contribution in [0.2, 0.25) is 0 Å². The molecule has 0 aliphatic carbocycles. The van der Waals surface area contributed by atoms with E-state index in [9.17, 15) is 9.59 Å². The average molecular weight is 412 g/mol. The average Bonchev–Trinajstić information content (AvgIpc) is 3.28. The maximum Gasteiger partial charge on any atom is 0.255 e. The monoisotopic (exact) mass is 412 g/mol. The third-order valence-corrected chi connectivity index (χ3v) is 4.58. The highest BCUT2D eigenvalue weighted by molar-refractivity contribution is 6.04. The number of nitrogens with zero attached hydrogens (tertiary/aromatic N) is 2. The van der Waals surface area contributed by atoms with E-state index in [2.05, 4.69) is 10.4 Å². The van der Waals surface area contributed by atoms with Crippen molar-refractivity contribution in [3.05, 3.63) is 108 Å². The number of anilines is 1. The van der Waals surface area contributed by atoms with Crippen molar-refractivity contribution in [2.45, 2.75) is 6.54 Å². The Bertz CT molecular complexity index is 1180. The summed E-state index contributed by atoms with van der Waals surface area (Å²) in [6, 6.07) is 22.9. The van der Waals surface area contributed by atoms with Crippen LogP contribution in [0.5, 0.6) is 11.5 Å². The van der Waals surface area contributed by atoms with E-state index >= 15 is 0 Å². The quantitative estimate of drug-likeness (QED) is 0.478. The van der Waals surface area contributed by atoms with Gasteiger partial charge in [0.1, 0.15) is 11.5 Å². The predicted molar refractivity (Wildman–Crippen MR) is 117 cm³/mol. The largest absolute Gasteiger partial charge is 0.457 e. The molecule has 2 amide bonds. The zero-order valence-corrected chi connectivity index (χ0v) is 16.6. The van der Waals surface area contributed by atoms with E-state index in [1.165, 1.54) is 0 Å². The summed E-state index contributed by atoms with van der Waals surface area (Å²) in [7, 11) is 0. The molecule has 0 fully saturated rings. The third kappa shape index (κ3) is 5.16. The molecule has 4 aromatic rings. The van der Waals surface area contributed by atoms with E-state index in [-0.39, 0.29) is 5.91 Å². The van der Waals surface area contributed by atoms with Crippen LogP contribution in [0.25, 0.3) is 0 Å². The van der Waals surface area contributed by atoms with Gasteiger partial charge in [-0.3, -0.25) is 14.3 Å². The number of primary amides is 1. The number of hydrogen-bond acceptors (Lipinski definition) is 4. The van der Waals surface area contributed by atoms with Gasteiger partial charge >= 0.3 is 0 Å². The second-order valence-corrected chi connectivity index (χ2v) is 6.87. The van der Waals surface area contributed by atoms with Gasteiger partial charge in [-0.25, -0.2) is 0 Å². The number of ether oxygens (including phenoxy) is 1. The fourth-order valence-corrected chi connectivity index (χ4v) is 3.03. The molecule has 0 saturated carbocycles. The van der Waals surface area contributed by atoms with E-state index in [1.54, 1.807) is 54.7 Å². The molecule has 0 radical (unpaired) electrons. The van der Waals surface area contributed by atoms with Gasteiger partial charge in [-0.1, -0.05) is 12.1 Å². The Kier molecular flexibility index (Phi) is 5.75. The Labute approximate surface area is 179 Å². The van der Waals surface area contributed by atoms with Crippen molar-refractivity contribution < 1.29 is 14.3 Å². The smallest absolute Gasteiger partial charge is 0.255 e. The van der Waals surface area contributed by atoms with Gasteiger partial charge in [0.2, 0.25) is 5.91 Å². The number of nitrogens with two attached hydrogens (primary N) is 1. The lowest BCUT2D eigenvalue weighted by molar-refractivity contribution is 0.0997. The van der Waals surface area contributed by atoms with Crippen molar-refractivity contribution in [3.63, 3.8) is 0 Å². The topological polar surface area (TPSA) is 99.2 Å². The van der Waals surface area contributed by atoms with Crippen LogP contribution in [-0.2, 0) is 6.54 Å². The summed E-state index contributed by atoms with van der Waals surface area (Å²) in [5.41, 5.74) is 7.90. The Morgan fingerprint density at radius 1 is 0.903 bits per heavy atom. The van der Waals surface area contributed by atoms with Crippen LogP contribution in [-0.4, -0.2) is 21.6 Å². The molecule has 0 saturated heterocycles. The lowest BCUT2D eigenvalue weighted by atomic mass is 10.1. The van der Waals surface area contributed by atoms with Crippen molar-refractivity contribution >= 4 is 17.5 Å². The molecular weight excluding hydrogens is 392 g/mol. The van der Waals surface area contributed by atoms with Crippen molar-refractivity contribution in [2.75, 3.05) is 5.32 Å². The number of benzene rings is 3. The summed E-state index contributed by atoms with van der Waals surface area (Å²) in [6.07, 6.45) is 3.62. The molecule has 3 aromatic carbocycles. The maximum atomic E-state index is 12.6. The molecule has 7 nitrogen and oxygen atoms in total. The second-order valence-electron chi connectivity index (χ2n) is 6.87. The highest BCUT2D eigenvalue weighted by Crippen LogP contribution is 2.22. The van der Waals surface area contributed by atoms with Gasteiger partial charge in [0, 0.05) is 29.2 Å². The second kappa shape index (κ2) is 8.96. The zero-order chi connectivity index (χ0) is 21.6. The van der Waals surface area contributed by atoms with Crippen LogP contribution in [0.15, 0.2) is 91.3 Å². The molecule has 1 heterocycles. The number of amides is 2. The van der Waals surface area contributed by atoms with E-state index < -0.39 is 5.91 Å². The van der Waals surface area contributed by atoms with Gasteiger partial charge in [0.05, 0.1) is 6.54 Å². The zero-order valence-electron chi connectivity index (χ0n) is 16.6. The Balaban J connectivity index is 1.38. The molecule has 0 atom stereocenters. The number of nitrogens with one attached hydrogen (secondary N) is 1. The van der Waals surface area contributed by atoms with Crippen LogP contribution >= 0.6 is 0 Å². The lowest BCUT2D eigenvalue weighted by Crippen LogP contribution is -2.12. The molecule has 1 aromatic heterocycles. The number of carbonyl (C=O) groups excluding carboxylic acids is 2. The van der Waals surface area contributed by atoms with Crippen molar-refractivity contribution in [1.82, 2.24) is 9.78 Å². The van der Waals surface area contributed by atoms with Crippen molar-refractivity contribution in [1.29, 1.82) is 0 Å². The molecule has 0 aliphatic rings. The standard InChI is InChI=1S/C24H20N4O3/c25-23(29)18-5-9-21(10-6-18)31-22-11-7-19(8-12-22)24(30)27-20-4-1-3-17(15-20)16-28-14-2-13-26-28/h1-15H,16H2,(H2,25,29)(H,27,30). The van der Waals surface area contributed by atoms with Gasteiger partial charge in [-0.15, -0.1) is 0 Å². The lowest BCUT2D eigenvalue weighted by Gasteiger charge is -2.09. The van der Waals surface area contributed by atoms with Crippen molar-refractivity contribution in [2.24, 2.45) is 5.73 Å². The van der Waals surface area contributed by atoms with Crippen LogP contribution in [0.4, 0.5) is 5.69 Å². The minimum atomic E-state index is -0.492. The van der Waals surface area contributed by atoms with Crippen LogP contribution in [0.1, 0.15) is 26.3 Å². The van der Waals surface area contributed by atoms with E-state index in [4.69, 9.17) is 10.5 Å². The summed E-state index contributed by atoms with van der Waals surface area (Å²) in [5.74, 6) is 0.434. The molecule has 154 valence electrons. The highest BCUT2D eigenvalue weighted by Gasteiger charge is 2.08. The van der Waals surface area contributed by atoms with Crippen molar-refractivity contribution in [3.8, 4) is 11.5 Å². The summed E-state index contributed by atoms with van der Waals surface area (Å²) >= 11 is 0. The normalized spacial score (nSPS) is 10.5. The molecule has 7 heteroatoms. The summed E-state index contributed by atoms with van der Waals surface area (Å²) in [5, 5.41) is 7.11. The molecule has 0 aliphatic heterocycles. The van der Waals surface area contributed by atoms with E-state index in [1.807, 2.05) is 41.2 Å². The predicted octanol–water partition coefficient (Wildman–Crippen LogP) is 4.07. The number of carbonyl (C=O) groups is 2. The van der Waals surface area contributed by atoms with Gasteiger partial charge in [-0.2, -0.15) is 5.10 Å². The first-order valence-corrected chi connectivity index (χ1v) is 9.62. The minimum Gasteiger partial charge on any atom is -0.457 e. The molecule has 0 bridgehead atoms. The Morgan fingerprint density at radius 2 is 1.58 bits per heavy atom.